The van der Waals surface area contributed by atoms with Crippen LogP contribution in [0.1, 0.15) is 12.8 Å². The fourth-order valence-corrected chi connectivity index (χ4v) is 11.5. The van der Waals surface area contributed by atoms with Gasteiger partial charge in [0.25, 0.3) is 0 Å². The summed E-state index contributed by atoms with van der Waals surface area (Å²) in [6, 6.07) is 75.9. The van der Waals surface area contributed by atoms with Crippen LogP contribution in [0.4, 0.5) is 0 Å². The molecule has 0 saturated carbocycles. The van der Waals surface area contributed by atoms with Crippen LogP contribution in [0.5, 0.6) is 0 Å². The Hall–Kier alpha value is -9.33. The van der Waals surface area contributed by atoms with Crippen molar-refractivity contribution in [1.82, 2.24) is 33.2 Å². The molecule has 0 fully saturated rings. The standard InChI is InChI=1S/C63H41N7/c1-4-18-40(19-5-1)41-32-34-42(35-33-41)61-64-62(69-55-30-16-12-26-47(55)51-38-36-49-45-24-10-14-28-53(45)67(57(49)59(51)69)43-20-6-2-7-21-43)66-63(65-61)70-56-31-17-13-27-48(56)52-39-37-50-46-25-11-15-29-54(46)68(58(50)60(52)70)44-22-8-3-9-23-44/h1-12,14-16,18-39H,13,17H2. The lowest BCUT2D eigenvalue weighted by Crippen LogP contribution is -2.31. The topological polar surface area (TPSA) is 58.4 Å². The summed E-state index contributed by atoms with van der Waals surface area (Å²) in [6.07, 6.45) is 6.64. The van der Waals surface area contributed by atoms with Gasteiger partial charge < -0.3 is 9.13 Å². The first-order valence-electron chi connectivity index (χ1n) is 24.0. The summed E-state index contributed by atoms with van der Waals surface area (Å²) in [5, 5.41) is 10.4. The van der Waals surface area contributed by atoms with E-state index in [1.165, 1.54) is 26.8 Å². The Bertz CT molecular complexity index is 4560. The van der Waals surface area contributed by atoms with Gasteiger partial charge in [0.15, 0.2) is 5.82 Å². The highest BCUT2D eigenvalue weighted by Gasteiger charge is 2.26. The molecule has 0 saturated heterocycles. The normalized spacial score (nSPS) is 12.7. The molecule has 0 radical (unpaired) electrons. The zero-order valence-corrected chi connectivity index (χ0v) is 37.9. The molecule has 9 aromatic carbocycles. The third-order valence-corrected chi connectivity index (χ3v) is 14.5. The molecule has 7 heteroatoms. The maximum Gasteiger partial charge on any atom is 0.240 e. The van der Waals surface area contributed by atoms with Crippen molar-refractivity contribution in [1.29, 1.82) is 0 Å². The highest BCUT2D eigenvalue weighted by atomic mass is 15.3. The fraction of sp³-hybridized carbons (Fsp3) is 0.0317. The number of benzene rings is 9. The average molecular weight is 896 g/mol. The van der Waals surface area contributed by atoms with Crippen molar-refractivity contribution >= 4 is 88.5 Å². The van der Waals surface area contributed by atoms with Gasteiger partial charge in [0, 0.05) is 59.9 Å². The molecule has 0 bridgehead atoms. The van der Waals surface area contributed by atoms with Gasteiger partial charge in [0.05, 0.1) is 44.0 Å². The van der Waals surface area contributed by atoms with Gasteiger partial charge in [0.2, 0.25) is 11.9 Å². The summed E-state index contributed by atoms with van der Waals surface area (Å²) in [4.78, 5) is 16.9. The van der Waals surface area contributed by atoms with E-state index >= 15 is 0 Å². The minimum atomic E-state index is 0.543. The smallest absolute Gasteiger partial charge is 0.240 e. The van der Waals surface area contributed by atoms with Crippen molar-refractivity contribution in [2.24, 2.45) is 0 Å². The van der Waals surface area contributed by atoms with Gasteiger partial charge in [-0.3, -0.25) is 9.13 Å². The van der Waals surface area contributed by atoms with Crippen LogP contribution in [0.15, 0.2) is 212 Å². The number of rotatable bonds is 6. The molecule has 14 aromatic rings. The first kappa shape index (κ1) is 38.7. The predicted molar refractivity (Wildman–Crippen MR) is 288 cm³/mol. The Morgan fingerprint density at radius 2 is 0.686 bits per heavy atom. The zero-order chi connectivity index (χ0) is 45.9. The Kier molecular flexibility index (Phi) is 8.35. The van der Waals surface area contributed by atoms with Crippen molar-refractivity contribution in [2.75, 3.05) is 0 Å². The summed E-state index contributed by atoms with van der Waals surface area (Å²) >= 11 is 0. The second-order valence-corrected chi connectivity index (χ2v) is 18.3. The molecule has 0 N–H and O–H groups in total. The van der Waals surface area contributed by atoms with Crippen LogP contribution in [0, 0.1) is 0 Å². The molecule has 1 aliphatic carbocycles. The van der Waals surface area contributed by atoms with Crippen molar-refractivity contribution in [3.8, 4) is 45.8 Å². The molecular weight excluding hydrogens is 855 g/mol. The van der Waals surface area contributed by atoms with E-state index in [0.717, 1.165) is 101 Å². The number of hydrogen-bond donors (Lipinski definition) is 0. The summed E-state index contributed by atoms with van der Waals surface area (Å²) < 4.78 is 9.46. The van der Waals surface area contributed by atoms with Gasteiger partial charge in [0.1, 0.15) is 0 Å². The average Bonchev–Trinajstić information content (AvgIpc) is 4.17. The van der Waals surface area contributed by atoms with Gasteiger partial charge in [-0.2, -0.15) is 15.0 Å². The maximum atomic E-state index is 5.75. The van der Waals surface area contributed by atoms with Crippen molar-refractivity contribution in [3.05, 3.63) is 223 Å². The Morgan fingerprint density at radius 3 is 1.24 bits per heavy atom. The Morgan fingerprint density at radius 1 is 0.286 bits per heavy atom. The molecule has 7 nitrogen and oxygen atoms in total. The lowest BCUT2D eigenvalue weighted by molar-refractivity contribution is 0.864. The molecule has 5 heterocycles. The van der Waals surface area contributed by atoms with Gasteiger partial charge in [-0.1, -0.05) is 182 Å². The molecule has 0 aliphatic heterocycles. The van der Waals surface area contributed by atoms with Crippen molar-refractivity contribution in [3.63, 3.8) is 0 Å². The Balaban J connectivity index is 1.11. The van der Waals surface area contributed by atoms with E-state index in [0.29, 0.717) is 17.7 Å². The molecule has 70 heavy (non-hydrogen) atoms. The van der Waals surface area contributed by atoms with E-state index in [2.05, 4.69) is 243 Å². The molecule has 0 atom stereocenters. The predicted octanol–water partition coefficient (Wildman–Crippen LogP) is 13.8. The molecule has 0 amide bonds. The van der Waals surface area contributed by atoms with Gasteiger partial charge in [-0.15, -0.1) is 0 Å². The van der Waals surface area contributed by atoms with Crippen LogP contribution in [0.25, 0.3) is 134 Å². The van der Waals surface area contributed by atoms with Crippen LogP contribution >= 0.6 is 0 Å². The minimum Gasteiger partial charge on any atom is -0.307 e. The molecular formula is C63H41N7. The van der Waals surface area contributed by atoms with Crippen molar-refractivity contribution in [2.45, 2.75) is 12.8 Å². The zero-order valence-electron chi connectivity index (χ0n) is 37.9. The quantitative estimate of drug-likeness (QED) is 0.167. The SMILES string of the molecule is C1=c2c(n(-c3nc(-c4ccc(-c5ccccc5)cc4)nc(-n4c5ccccc5c5ccc6c7ccccc7n(-c7ccccc7)c6c54)n3)c3c2ccc2c4ccccc4n(-c4ccccc4)c23)=CCC1. The van der Waals surface area contributed by atoms with E-state index in [4.69, 9.17) is 15.0 Å². The van der Waals surface area contributed by atoms with Gasteiger partial charge in [-0.25, -0.2) is 0 Å². The second-order valence-electron chi connectivity index (χ2n) is 18.3. The summed E-state index contributed by atoms with van der Waals surface area (Å²) in [5.74, 6) is 1.69. The van der Waals surface area contributed by atoms with Crippen LogP contribution in [0.3, 0.4) is 0 Å². The van der Waals surface area contributed by atoms with Crippen LogP contribution < -0.4 is 10.6 Å². The van der Waals surface area contributed by atoms with Crippen LogP contribution in [-0.4, -0.2) is 33.2 Å². The monoisotopic (exact) mass is 895 g/mol. The summed E-state index contributed by atoms with van der Waals surface area (Å²) in [6.45, 7) is 0. The van der Waals surface area contributed by atoms with Gasteiger partial charge >= 0.3 is 0 Å². The van der Waals surface area contributed by atoms with E-state index in [9.17, 15) is 0 Å². The van der Waals surface area contributed by atoms with E-state index < -0.39 is 0 Å². The largest absolute Gasteiger partial charge is 0.307 e. The third kappa shape index (κ3) is 5.60. The van der Waals surface area contributed by atoms with Crippen molar-refractivity contribution < 1.29 is 0 Å². The maximum absolute atomic E-state index is 5.75. The molecule has 5 aromatic heterocycles. The van der Waals surface area contributed by atoms with E-state index in [-0.39, 0.29) is 0 Å². The van der Waals surface area contributed by atoms with E-state index in [1.54, 1.807) is 0 Å². The molecule has 15 rings (SSSR count). The number of para-hydroxylation sites is 5. The number of fused-ring (bicyclic) bond motifs is 14. The highest BCUT2D eigenvalue weighted by molar-refractivity contribution is 6.24. The highest BCUT2D eigenvalue weighted by Crippen LogP contribution is 2.42. The van der Waals surface area contributed by atoms with Gasteiger partial charge in [-0.05, 0) is 66.4 Å². The van der Waals surface area contributed by atoms with Crippen LogP contribution in [0.2, 0.25) is 0 Å². The lowest BCUT2D eigenvalue weighted by Gasteiger charge is -2.15. The molecule has 1 aliphatic rings. The van der Waals surface area contributed by atoms with E-state index in [1.807, 2.05) is 0 Å². The molecule has 0 spiro atoms. The third-order valence-electron chi connectivity index (χ3n) is 14.5. The minimum absolute atomic E-state index is 0.543. The first-order valence-corrected chi connectivity index (χ1v) is 24.0. The number of aromatic nitrogens is 7. The second kappa shape index (κ2) is 15.1. The number of nitrogens with zero attached hydrogens (tertiary/aromatic N) is 7. The fourth-order valence-electron chi connectivity index (χ4n) is 11.5. The molecule has 0 unspecified atom stereocenters. The van der Waals surface area contributed by atoms with Crippen LogP contribution in [-0.2, 0) is 0 Å². The first-order chi connectivity index (χ1) is 34.8. The summed E-state index contributed by atoms with van der Waals surface area (Å²) in [5.41, 5.74) is 13.0. The lowest BCUT2D eigenvalue weighted by atomic mass is 10.0. The summed E-state index contributed by atoms with van der Waals surface area (Å²) in [7, 11) is 0. The Labute approximate surface area is 401 Å². The molecule has 328 valence electrons. The number of hydrogen-bond acceptors (Lipinski definition) is 3.